The Morgan fingerprint density at radius 2 is 2.00 bits per heavy atom. The van der Waals surface area contributed by atoms with Crippen LogP contribution in [0.2, 0.25) is 0 Å². The number of carbonyl (C=O) groups is 1. The highest BCUT2D eigenvalue weighted by molar-refractivity contribution is 6.17. The lowest BCUT2D eigenvalue weighted by Gasteiger charge is -2.25. The first-order valence-corrected chi connectivity index (χ1v) is 8.19. The molecular weight excluding hydrogens is 318 g/mol. The number of hydrogen-bond acceptors (Lipinski definition) is 4. The number of anilines is 2. The summed E-state index contributed by atoms with van der Waals surface area (Å²) < 4.78 is 2.09. The van der Waals surface area contributed by atoms with Gasteiger partial charge >= 0.3 is 6.03 Å². The average molecular weight is 341 g/mol. The van der Waals surface area contributed by atoms with Crippen LogP contribution in [-0.4, -0.2) is 41.9 Å². The van der Waals surface area contributed by atoms with Crippen molar-refractivity contribution in [2.75, 3.05) is 36.9 Å². The molecule has 25 heavy (non-hydrogen) atoms. The first-order valence-electron chi connectivity index (χ1n) is 8.19. The minimum Gasteiger partial charge on any atom is -0.397 e. The van der Waals surface area contributed by atoms with Crippen molar-refractivity contribution < 1.29 is 9.90 Å². The highest BCUT2D eigenvalue weighted by Crippen LogP contribution is 2.38. The minimum absolute atomic E-state index is 0.00715. The third-order valence-corrected chi connectivity index (χ3v) is 4.45. The second-order valence-corrected chi connectivity index (χ2v) is 5.98. The second-order valence-electron chi connectivity index (χ2n) is 5.98. The van der Waals surface area contributed by atoms with Gasteiger partial charge in [-0.15, -0.1) is 0 Å². The number of rotatable bonds is 6. The summed E-state index contributed by atoms with van der Waals surface area (Å²) in [5.74, 6) is 0. The number of nitrogens with zero attached hydrogens (tertiary/aromatic N) is 2. The van der Waals surface area contributed by atoms with Gasteiger partial charge in [0.25, 0.3) is 0 Å². The number of aromatic nitrogens is 1. The van der Waals surface area contributed by atoms with Crippen molar-refractivity contribution in [3.63, 3.8) is 0 Å². The molecule has 0 atom stereocenters. The molecule has 1 aromatic heterocycles. The molecule has 7 heteroatoms. The molecule has 0 saturated heterocycles. The van der Waals surface area contributed by atoms with E-state index in [0.717, 1.165) is 27.5 Å². The number of urea groups is 1. The highest BCUT2D eigenvalue weighted by atomic mass is 16.3. The summed E-state index contributed by atoms with van der Waals surface area (Å²) in [5.41, 5.74) is 15.1. The number of carbonyl (C=O) groups excluding carboxylic acids is 1. The van der Waals surface area contributed by atoms with Crippen molar-refractivity contribution in [2.45, 2.75) is 0 Å². The SMILES string of the molecule is Cn1c2ccccc2c2c(N(CCO)CCNC(N)=O)ccc(N)c21. The number of para-hydroxylation sites is 1. The summed E-state index contributed by atoms with van der Waals surface area (Å²) in [6.07, 6.45) is 0. The Kier molecular flexibility index (Phi) is 4.67. The lowest BCUT2D eigenvalue weighted by Crippen LogP contribution is -2.38. The molecule has 0 radical (unpaired) electrons. The first kappa shape index (κ1) is 16.9. The fourth-order valence-corrected chi connectivity index (χ4v) is 3.37. The fraction of sp³-hybridized carbons (Fsp3) is 0.278. The van der Waals surface area contributed by atoms with Gasteiger partial charge < -0.3 is 31.4 Å². The van der Waals surface area contributed by atoms with Gasteiger partial charge in [0.2, 0.25) is 0 Å². The summed E-state index contributed by atoms with van der Waals surface area (Å²) in [4.78, 5) is 13.0. The number of nitrogens with one attached hydrogen (secondary N) is 1. The molecule has 0 spiro atoms. The van der Waals surface area contributed by atoms with Gasteiger partial charge in [-0.05, 0) is 18.2 Å². The first-order chi connectivity index (χ1) is 12.0. The topological polar surface area (TPSA) is 110 Å². The summed E-state index contributed by atoms with van der Waals surface area (Å²) in [6, 6.07) is 11.4. The zero-order valence-corrected chi connectivity index (χ0v) is 14.2. The summed E-state index contributed by atoms with van der Waals surface area (Å²) in [6.45, 7) is 1.38. The van der Waals surface area contributed by atoms with Crippen LogP contribution in [0, 0.1) is 0 Å². The number of primary amides is 1. The number of aliphatic hydroxyl groups is 1. The van der Waals surface area contributed by atoms with Gasteiger partial charge in [0.15, 0.2) is 0 Å². The number of amides is 2. The molecule has 3 aromatic rings. The Bertz CT molecular complexity index is 919. The fourth-order valence-electron chi connectivity index (χ4n) is 3.37. The van der Waals surface area contributed by atoms with Gasteiger partial charge in [-0.2, -0.15) is 0 Å². The molecule has 7 nitrogen and oxygen atoms in total. The standard InChI is InChI=1S/C18H23N5O2/c1-22-14-5-3-2-4-12(14)16-15(7-6-13(19)17(16)22)23(10-11-24)9-8-21-18(20)25/h2-7,24H,8-11,19H2,1H3,(H3,20,21,25). The smallest absolute Gasteiger partial charge is 0.312 e. The lowest BCUT2D eigenvalue weighted by molar-refractivity contribution is 0.249. The molecule has 0 fully saturated rings. The molecule has 132 valence electrons. The van der Waals surface area contributed by atoms with E-state index in [1.165, 1.54) is 0 Å². The van der Waals surface area contributed by atoms with E-state index in [1.807, 2.05) is 36.2 Å². The van der Waals surface area contributed by atoms with Gasteiger partial charge in [0, 0.05) is 48.7 Å². The minimum atomic E-state index is -0.559. The van der Waals surface area contributed by atoms with Crippen LogP contribution in [0.5, 0.6) is 0 Å². The number of nitrogens with two attached hydrogens (primary N) is 2. The van der Waals surface area contributed by atoms with Gasteiger partial charge in [-0.25, -0.2) is 4.79 Å². The van der Waals surface area contributed by atoms with Crippen molar-refractivity contribution in [1.29, 1.82) is 0 Å². The predicted octanol–water partition coefficient (Wildman–Crippen LogP) is 1.38. The molecule has 3 rings (SSSR count). The third-order valence-electron chi connectivity index (χ3n) is 4.45. The summed E-state index contributed by atoms with van der Waals surface area (Å²) >= 11 is 0. The molecule has 0 saturated carbocycles. The van der Waals surface area contributed by atoms with Crippen LogP contribution in [0.1, 0.15) is 0 Å². The number of hydrogen-bond donors (Lipinski definition) is 4. The van der Waals surface area contributed by atoms with Crippen molar-refractivity contribution in [2.24, 2.45) is 12.8 Å². The van der Waals surface area contributed by atoms with Crippen LogP contribution < -0.4 is 21.7 Å². The molecule has 0 unspecified atom stereocenters. The van der Waals surface area contributed by atoms with E-state index in [2.05, 4.69) is 22.0 Å². The van der Waals surface area contributed by atoms with E-state index in [0.29, 0.717) is 25.3 Å². The van der Waals surface area contributed by atoms with Crippen molar-refractivity contribution in [3.05, 3.63) is 36.4 Å². The van der Waals surface area contributed by atoms with E-state index in [4.69, 9.17) is 11.5 Å². The Morgan fingerprint density at radius 1 is 1.24 bits per heavy atom. The van der Waals surface area contributed by atoms with Crippen molar-refractivity contribution >= 4 is 39.2 Å². The molecular formula is C18H23N5O2. The van der Waals surface area contributed by atoms with Gasteiger partial charge in [-0.3, -0.25) is 0 Å². The summed E-state index contributed by atoms with van der Waals surface area (Å²) in [5, 5.41) is 14.2. The number of benzene rings is 2. The molecule has 1 heterocycles. The molecule has 2 aromatic carbocycles. The third kappa shape index (κ3) is 3.06. The maximum Gasteiger partial charge on any atom is 0.312 e. The van der Waals surface area contributed by atoms with Gasteiger partial charge in [0.1, 0.15) is 0 Å². The maximum atomic E-state index is 10.9. The number of aliphatic hydroxyl groups excluding tert-OH is 1. The van der Waals surface area contributed by atoms with Gasteiger partial charge in [0.05, 0.1) is 17.8 Å². The van der Waals surface area contributed by atoms with E-state index in [9.17, 15) is 9.90 Å². The maximum absolute atomic E-state index is 10.9. The predicted molar refractivity (Wildman–Crippen MR) is 102 cm³/mol. The number of aryl methyl sites for hydroxylation is 1. The molecule has 0 bridgehead atoms. The molecule has 2 amide bonds. The average Bonchev–Trinajstić information content (AvgIpc) is 2.89. The highest BCUT2D eigenvalue weighted by Gasteiger charge is 2.17. The normalized spacial score (nSPS) is 11.1. The Balaban J connectivity index is 2.15. The van der Waals surface area contributed by atoms with Crippen LogP contribution in [0.15, 0.2) is 36.4 Å². The Labute approximate surface area is 145 Å². The number of fused-ring (bicyclic) bond motifs is 3. The van der Waals surface area contributed by atoms with Crippen LogP contribution in [0.4, 0.5) is 16.2 Å². The zero-order chi connectivity index (χ0) is 18.0. The van der Waals surface area contributed by atoms with Crippen molar-refractivity contribution in [1.82, 2.24) is 9.88 Å². The Hall–Kier alpha value is -2.93. The van der Waals surface area contributed by atoms with Gasteiger partial charge in [-0.1, -0.05) is 18.2 Å². The van der Waals surface area contributed by atoms with E-state index < -0.39 is 6.03 Å². The molecule has 0 aliphatic carbocycles. The molecule has 6 N–H and O–H groups in total. The lowest BCUT2D eigenvalue weighted by atomic mass is 10.1. The van der Waals surface area contributed by atoms with Crippen molar-refractivity contribution in [3.8, 4) is 0 Å². The van der Waals surface area contributed by atoms with E-state index in [1.54, 1.807) is 0 Å². The van der Waals surface area contributed by atoms with E-state index >= 15 is 0 Å². The van der Waals surface area contributed by atoms with Crippen LogP contribution in [0.25, 0.3) is 21.8 Å². The van der Waals surface area contributed by atoms with E-state index in [-0.39, 0.29) is 6.61 Å². The molecule has 0 aliphatic rings. The summed E-state index contributed by atoms with van der Waals surface area (Å²) in [7, 11) is 2.00. The largest absolute Gasteiger partial charge is 0.397 e. The van der Waals surface area contributed by atoms with Crippen LogP contribution in [-0.2, 0) is 7.05 Å². The monoisotopic (exact) mass is 341 g/mol. The quantitative estimate of drug-likeness (QED) is 0.508. The molecule has 0 aliphatic heterocycles. The van der Waals surface area contributed by atoms with Crippen LogP contribution >= 0.6 is 0 Å². The zero-order valence-electron chi connectivity index (χ0n) is 14.2. The Morgan fingerprint density at radius 3 is 2.72 bits per heavy atom. The number of nitrogen functional groups attached to an aromatic ring is 1. The second kappa shape index (κ2) is 6.90. The van der Waals surface area contributed by atoms with Crippen LogP contribution in [0.3, 0.4) is 0 Å².